The van der Waals surface area contributed by atoms with Crippen LogP contribution in [0.1, 0.15) is 38.4 Å². The van der Waals surface area contributed by atoms with Crippen LogP contribution in [0.15, 0.2) is 17.3 Å². The number of nitrogens with two attached hydrogens (primary N) is 1. The molecule has 8 heteroatoms. The molecule has 0 fully saturated rings. The number of oxime groups is 1. The van der Waals surface area contributed by atoms with Crippen molar-refractivity contribution in [3.05, 3.63) is 23.4 Å². The highest BCUT2D eigenvalue weighted by molar-refractivity contribution is 5.99. The third kappa shape index (κ3) is 3.75. The molecule has 1 heterocycles. The Balaban J connectivity index is 3.34. The summed E-state index contributed by atoms with van der Waals surface area (Å²) in [5, 5.41) is 11.4. The molecule has 0 aromatic carbocycles. The summed E-state index contributed by atoms with van der Waals surface area (Å²) in [5.74, 6) is -0.685. The van der Waals surface area contributed by atoms with Crippen LogP contribution >= 0.6 is 0 Å². The first-order valence-electron chi connectivity index (χ1n) is 5.86. The van der Waals surface area contributed by atoms with Crippen molar-refractivity contribution in [2.45, 2.75) is 39.0 Å². The standard InChI is InChI=1S/C12H16F3N3O2/c1-4-11(2,3)20-10-7(9(16)18-19)5-6-8(17-10)12(13,14)15/h5-6,19H,4H2,1-3H3,(H2,16,18). The maximum atomic E-state index is 12.7. The number of nitrogens with zero attached hydrogens (tertiary/aromatic N) is 2. The van der Waals surface area contributed by atoms with Gasteiger partial charge in [0.25, 0.3) is 0 Å². The molecule has 0 aliphatic carbocycles. The number of aromatic nitrogens is 1. The fourth-order valence-corrected chi connectivity index (χ4v) is 1.26. The summed E-state index contributed by atoms with van der Waals surface area (Å²) in [6, 6.07) is 1.81. The van der Waals surface area contributed by atoms with Crippen molar-refractivity contribution in [2.24, 2.45) is 10.9 Å². The van der Waals surface area contributed by atoms with Gasteiger partial charge in [-0.3, -0.25) is 0 Å². The Hall–Kier alpha value is -1.99. The van der Waals surface area contributed by atoms with Crippen LogP contribution in [-0.4, -0.2) is 21.6 Å². The van der Waals surface area contributed by atoms with Crippen molar-refractivity contribution in [1.82, 2.24) is 4.98 Å². The van der Waals surface area contributed by atoms with E-state index in [2.05, 4.69) is 10.1 Å². The lowest BCUT2D eigenvalue weighted by Gasteiger charge is -2.25. The average molecular weight is 291 g/mol. The first-order valence-corrected chi connectivity index (χ1v) is 5.86. The minimum atomic E-state index is -4.60. The maximum absolute atomic E-state index is 12.7. The number of hydrogen-bond acceptors (Lipinski definition) is 4. The zero-order chi connectivity index (χ0) is 15.6. The predicted octanol–water partition coefficient (Wildman–Crippen LogP) is 2.76. The molecule has 0 unspecified atom stereocenters. The van der Waals surface area contributed by atoms with E-state index in [0.717, 1.165) is 12.1 Å². The normalized spacial score (nSPS) is 13.4. The van der Waals surface area contributed by atoms with Crippen molar-refractivity contribution in [2.75, 3.05) is 0 Å². The quantitative estimate of drug-likeness (QED) is 0.387. The predicted molar refractivity (Wildman–Crippen MR) is 66.7 cm³/mol. The first-order chi connectivity index (χ1) is 9.10. The van der Waals surface area contributed by atoms with Crippen LogP contribution in [0.3, 0.4) is 0 Å². The number of hydrogen-bond donors (Lipinski definition) is 2. The second-order valence-corrected chi connectivity index (χ2v) is 4.75. The summed E-state index contributed by atoms with van der Waals surface area (Å²) in [4.78, 5) is 3.43. The van der Waals surface area contributed by atoms with Crippen LogP contribution < -0.4 is 10.5 Å². The molecule has 0 saturated carbocycles. The number of pyridine rings is 1. The summed E-state index contributed by atoms with van der Waals surface area (Å²) in [6.07, 6.45) is -4.06. The highest BCUT2D eigenvalue weighted by atomic mass is 19.4. The Bertz CT molecular complexity index is 513. The molecule has 5 nitrogen and oxygen atoms in total. The third-order valence-electron chi connectivity index (χ3n) is 2.76. The monoisotopic (exact) mass is 291 g/mol. The molecule has 0 aliphatic rings. The van der Waals surface area contributed by atoms with Crippen LogP contribution in [0.4, 0.5) is 13.2 Å². The van der Waals surface area contributed by atoms with Crippen molar-refractivity contribution in [3.8, 4) is 5.88 Å². The van der Waals surface area contributed by atoms with Gasteiger partial charge in [0.2, 0.25) is 5.88 Å². The number of amidine groups is 1. The van der Waals surface area contributed by atoms with Crippen LogP contribution in [0, 0.1) is 0 Å². The van der Waals surface area contributed by atoms with Crippen molar-refractivity contribution < 1.29 is 23.1 Å². The molecule has 20 heavy (non-hydrogen) atoms. The molecule has 0 spiro atoms. The fourth-order valence-electron chi connectivity index (χ4n) is 1.26. The van der Waals surface area contributed by atoms with Crippen molar-refractivity contribution in [1.29, 1.82) is 0 Å². The summed E-state index contributed by atoms with van der Waals surface area (Å²) >= 11 is 0. The molecular weight excluding hydrogens is 275 g/mol. The Labute approximate surface area is 114 Å². The van der Waals surface area contributed by atoms with E-state index in [-0.39, 0.29) is 17.3 Å². The van der Waals surface area contributed by atoms with Gasteiger partial charge in [0.05, 0.1) is 5.56 Å². The summed E-state index contributed by atoms with van der Waals surface area (Å²) in [7, 11) is 0. The molecular formula is C12H16F3N3O2. The molecule has 0 aliphatic heterocycles. The van der Waals surface area contributed by atoms with E-state index < -0.39 is 17.5 Å². The average Bonchev–Trinajstić information content (AvgIpc) is 2.36. The van der Waals surface area contributed by atoms with Gasteiger partial charge < -0.3 is 15.7 Å². The highest BCUT2D eigenvalue weighted by Crippen LogP contribution is 2.31. The lowest BCUT2D eigenvalue weighted by molar-refractivity contribution is -0.141. The SMILES string of the molecule is CCC(C)(C)Oc1nc(C(F)(F)F)ccc1C(N)=NO. The number of rotatable bonds is 4. The van der Waals surface area contributed by atoms with E-state index in [9.17, 15) is 13.2 Å². The van der Waals surface area contributed by atoms with Gasteiger partial charge in [-0.05, 0) is 32.4 Å². The molecule has 0 atom stereocenters. The second-order valence-electron chi connectivity index (χ2n) is 4.75. The molecule has 1 rings (SSSR count). The van der Waals surface area contributed by atoms with Crippen LogP contribution in [0.5, 0.6) is 5.88 Å². The van der Waals surface area contributed by atoms with Gasteiger partial charge in [0.1, 0.15) is 11.3 Å². The topological polar surface area (TPSA) is 80.7 Å². The second kappa shape index (κ2) is 5.56. The maximum Gasteiger partial charge on any atom is 0.433 e. The van der Waals surface area contributed by atoms with Gasteiger partial charge >= 0.3 is 6.18 Å². The molecule has 1 aromatic rings. The zero-order valence-electron chi connectivity index (χ0n) is 11.3. The lowest BCUT2D eigenvalue weighted by Crippen LogP contribution is -2.29. The summed E-state index contributed by atoms with van der Waals surface area (Å²) < 4.78 is 43.5. The minimum Gasteiger partial charge on any atom is -0.471 e. The molecule has 0 bridgehead atoms. The van der Waals surface area contributed by atoms with Gasteiger partial charge in [-0.15, -0.1) is 0 Å². The number of ether oxygens (including phenoxy) is 1. The van der Waals surface area contributed by atoms with E-state index in [1.54, 1.807) is 13.8 Å². The van der Waals surface area contributed by atoms with E-state index in [0.29, 0.717) is 6.42 Å². The van der Waals surface area contributed by atoms with Crippen molar-refractivity contribution >= 4 is 5.84 Å². The largest absolute Gasteiger partial charge is 0.471 e. The Kier molecular flexibility index (Phi) is 4.46. The van der Waals surface area contributed by atoms with Gasteiger partial charge in [-0.2, -0.15) is 13.2 Å². The van der Waals surface area contributed by atoms with Gasteiger partial charge in [0, 0.05) is 0 Å². The van der Waals surface area contributed by atoms with Crippen LogP contribution in [0.25, 0.3) is 0 Å². The van der Waals surface area contributed by atoms with Gasteiger partial charge in [-0.1, -0.05) is 12.1 Å². The van der Waals surface area contributed by atoms with Crippen molar-refractivity contribution in [3.63, 3.8) is 0 Å². The Morgan fingerprint density at radius 3 is 2.45 bits per heavy atom. The van der Waals surface area contributed by atoms with Crippen LogP contribution in [-0.2, 0) is 6.18 Å². The highest BCUT2D eigenvalue weighted by Gasteiger charge is 2.34. The Morgan fingerprint density at radius 1 is 1.40 bits per heavy atom. The molecule has 0 radical (unpaired) electrons. The minimum absolute atomic E-state index is 0.00188. The van der Waals surface area contributed by atoms with E-state index >= 15 is 0 Å². The smallest absolute Gasteiger partial charge is 0.433 e. The van der Waals surface area contributed by atoms with E-state index in [4.69, 9.17) is 15.7 Å². The molecule has 0 saturated heterocycles. The summed E-state index contributed by atoms with van der Waals surface area (Å²) in [6.45, 7) is 5.22. The third-order valence-corrected chi connectivity index (χ3v) is 2.76. The fraction of sp³-hybridized carbons (Fsp3) is 0.500. The number of alkyl halides is 3. The molecule has 1 aromatic heterocycles. The van der Waals surface area contributed by atoms with Gasteiger partial charge in [0.15, 0.2) is 5.84 Å². The molecule has 112 valence electrons. The van der Waals surface area contributed by atoms with E-state index in [1.807, 2.05) is 6.92 Å². The summed E-state index contributed by atoms with van der Waals surface area (Å²) in [5.41, 5.74) is 3.58. The number of halogens is 3. The van der Waals surface area contributed by atoms with Gasteiger partial charge in [-0.25, -0.2) is 4.98 Å². The van der Waals surface area contributed by atoms with Crippen LogP contribution in [0.2, 0.25) is 0 Å². The zero-order valence-corrected chi connectivity index (χ0v) is 11.3. The molecule has 3 N–H and O–H groups in total. The lowest BCUT2D eigenvalue weighted by atomic mass is 10.1. The molecule has 0 amide bonds. The Morgan fingerprint density at radius 2 is 2.00 bits per heavy atom. The first kappa shape index (κ1) is 16.1. The van der Waals surface area contributed by atoms with E-state index in [1.165, 1.54) is 0 Å².